The van der Waals surface area contributed by atoms with Crippen LogP contribution in [0, 0.1) is 23.7 Å². The number of carboxylic acid groups (broad SMARTS) is 1. The number of rotatable bonds is 2. The second-order valence-electron chi connectivity index (χ2n) is 7.10. The number of amides is 1. The van der Waals surface area contributed by atoms with Gasteiger partial charge in [-0.1, -0.05) is 0 Å². The van der Waals surface area contributed by atoms with Crippen LogP contribution in [0.1, 0.15) is 52.4 Å². The fourth-order valence-corrected chi connectivity index (χ4v) is 5.03. The van der Waals surface area contributed by atoms with Crippen LogP contribution in [0.2, 0.25) is 0 Å². The van der Waals surface area contributed by atoms with Gasteiger partial charge in [-0.3, -0.25) is 9.59 Å². The normalized spacial score (nSPS) is 43.8. The first-order valence-electron chi connectivity index (χ1n) is 8.05. The summed E-state index contributed by atoms with van der Waals surface area (Å²) in [4.78, 5) is 26.6. The number of likely N-dealkylation sites (tertiary alicyclic amines) is 1. The lowest BCUT2D eigenvalue weighted by atomic mass is 9.77. The molecule has 1 saturated heterocycles. The molecule has 2 saturated carbocycles. The van der Waals surface area contributed by atoms with Gasteiger partial charge in [-0.05, 0) is 64.2 Å². The second-order valence-corrected chi connectivity index (χ2v) is 7.10. The van der Waals surface area contributed by atoms with Crippen molar-refractivity contribution in [1.29, 1.82) is 0 Å². The van der Waals surface area contributed by atoms with Gasteiger partial charge in [0, 0.05) is 12.1 Å². The standard InChI is InChI=1S/C16H25NO3/c1-9-4-3-5-10(2)17(9)15(18)13-11-6-7-12(8-11)14(13)16(19)20/h9-14H,3-8H2,1-2H3,(H,19,20)/t9-,10+,11-,12-,13-,14-/m0/s1. The molecular formula is C16H25NO3. The summed E-state index contributed by atoms with van der Waals surface area (Å²) in [5, 5.41) is 9.51. The van der Waals surface area contributed by atoms with Gasteiger partial charge in [-0.15, -0.1) is 0 Å². The van der Waals surface area contributed by atoms with Crippen LogP contribution in [0.25, 0.3) is 0 Å². The van der Waals surface area contributed by atoms with E-state index in [2.05, 4.69) is 13.8 Å². The maximum atomic E-state index is 13.0. The van der Waals surface area contributed by atoms with Gasteiger partial charge in [0.25, 0.3) is 0 Å². The number of fused-ring (bicyclic) bond motifs is 2. The summed E-state index contributed by atoms with van der Waals surface area (Å²) in [7, 11) is 0. The van der Waals surface area contributed by atoms with Crippen molar-refractivity contribution in [3.8, 4) is 0 Å². The van der Waals surface area contributed by atoms with E-state index in [9.17, 15) is 14.7 Å². The van der Waals surface area contributed by atoms with E-state index >= 15 is 0 Å². The summed E-state index contributed by atoms with van der Waals surface area (Å²) < 4.78 is 0. The molecule has 1 heterocycles. The minimum Gasteiger partial charge on any atom is -0.481 e. The molecule has 1 amide bonds. The molecule has 2 aliphatic carbocycles. The number of carboxylic acids is 1. The molecule has 0 unspecified atom stereocenters. The van der Waals surface area contributed by atoms with Crippen LogP contribution < -0.4 is 0 Å². The molecule has 1 N–H and O–H groups in total. The van der Waals surface area contributed by atoms with Crippen LogP contribution in [0.3, 0.4) is 0 Å². The van der Waals surface area contributed by atoms with Crippen molar-refractivity contribution < 1.29 is 14.7 Å². The molecule has 3 rings (SSSR count). The topological polar surface area (TPSA) is 57.6 Å². The van der Waals surface area contributed by atoms with Crippen molar-refractivity contribution >= 4 is 11.9 Å². The molecule has 1 aliphatic heterocycles. The third-order valence-corrected chi connectivity index (χ3v) is 5.93. The highest BCUT2D eigenvalue weighted by Crippen LogP contribution is 2.53. The molecule has 20 heavy (non-hydrogen) atoms. The van der Waals surface area contributed by atoms with Gasteiger partial charge in [-0.2, -0.15) is 0 Å². The van der Waals surface area contributed by atoms with Crippen molar-refractivity contribution in [1.82, 2.24) is 4.90 Å². The SMILES string of the molecule is C[C@@H]1CCC[C@H](C)N1C(=O)[C@H]1[C@H]2CC[C@@H](C2)[C@@H]1C(=O)O. The van der Waals surface area contributed by atoms with Gasteiger partial charge in [0.2, 0.25) is 5.91 Å². The maximum absolute atomic E-state index is 13.0. The van der Waals surface area contributed by atoms with E-state index in [1.54, 1.807) is 0 Å². The Hall–Kier alpha value is -1.06. The van der Waals surface area contributed by atoms with E-state index in [0.717, 1.165) is 32.1 Å². The van der Waals surface area contributed by atoms with Gasteiger partial charge in [0.1, 0.15) is 0 Å². The summed E-state index contributed by atoms with van der Waals surface area (Å²) in [6.45, 7) is 4.22. The van der Waals surface area contributed by atoms with Gasteiger partial charge in [-0.25, -0.2) is 0 Å². The Morgan fingerprint density at radius 1 is 0.950 bits per heavy atom. The molecule has 0 spiro atoms. The first-order chi connectivity index (χ1) is 9.50. The van der Waals surface area contributed by atoms with Crippen LogP contribution >= 0.6 is 0 Å². The molecular weight excluding hydrogens is 254 g/mol. The smallest absolute Gasteiger partial charge is 0.307 e. The molecule has 0 aromatic heterocycles. The zero-order chi connectivity index (χ0) is 14.4. The Morgan fingerprint density at radius 3 is 2.05 bits per heavy atom. The third kappa shape index (κ3) is 2.04. The molecule has 0 radical (unpaired) electrons. The lowest BCUT2D eigenvalue weighted by Crippen LogP contribution is -2.52. The molecule has 6 atom stereocenters. The van der Waals surface area contributed by atoms with E-state index < -0.39 is 11.9 Å². The van der Waals surface area contributed by atoms with Crippen molar-refractivity contribution in [2.75, 3.05) is 0 Å². The van der Waals surface area contributed by atoms with Crippen LogP contribution in [-0.4, -0.2) is 34.0 Å². The monoisotopic (exact) mass is 279 g/mol. The lowest BCUT2D eigenvalue weighted by Gasteiger charge is -2.42. The molecule has 4 nitrogen and oxygen atoms in total. The predicted molar refractivity (Wildman–Crippen MR) is 75.1 cm³/mol. The third-order valence-electron chi connectivity index (χ3n) is 5.93. The predicted octanol–water partition coefficient (Wildman–Crippen LogP) is 2.52. The number of carbonyl (C=O) groups is 2. The molecule has 0 aromatic rings. The van der Waals surface area contributed by atoms with Gasteiger partial charge >= 0.3 is 5.97 Å². The van der Waals surface area contributed by atoms with Crippen molar-refractivity contribution in [2.24, 2.45) is 23.7 Å². The fourth-order valence-electron chi connectivity index (χ4n) is 5.03. The highest BCUT2D eigenvalue weighted by Gasteiger charge is 2.55. The molecule has 3 aliphatic rings. The summed E-state index contributed by atoms with van der Waals surface area (Å²) in [5.74, 6) is -0.759. The van der Waals surface area contributed by atoms with Gasteiger partial charge in [0.15, 0.2) is 0 Å². The van der Waals surface area contributed by atoms with Crippen LogP contribution in [-0.2, 0) is 9.59 Å². The Balaban J connectivity index is 1.83. The number of carbonyl (C=O) groups excluding carboxylic acids is 1. The van der Waals surface area contributed by atoms with E-state index in [-0.39, 0.29) is 29.8 Å². The summed E-state index contributed by atoms with van der Waals surface area (Å²) in [5.41, 5.74) is 0. The molecule has 2 bridgehead atoms. The number of hydrogen-bond donors (Lipinski definition) is 1. The van der Waals surface area contributed by atoms with E-state index in [4.69, 9.17) is 0 Å². The number of nitrogens with zero attached hydrogens (tertiary/aromatic N) is 1. The Kier molecular flexibility index (Phi) is 3.51. The van der Waals surface area contributed by atoms with E-state index in [0.29, 0.717) is 5.92 Å². The lowest BCUT2D eigenvalue weighted by molar-refractivity contribution is -0.155. The largest absolute Gasteiger partial charge is 0.481 e. The Bertz CT molecular complexity index is 412. The quantitative estimate of drug-likeness (QED) is 0.845. The van der Waals surface area contributed by atoms with Crippen molar-refractivity contribution in [3.05, 3.63) is 0 Å². The zero-order valence-corrected chi connectivity index (χ0v) is 12.4. The summed E-state index contributed by atoms with van der Waals surface area (Å²) >= 11 is 0. The Morgan fingerprint density at radius 2 is 1.50 bits per heavy atom. The molecule has 0 aromatic carbocycles. The maximum Gasteiger partial charge on any atom is 0.307 e. The average molecular weight is 279 g/mol. The Labute approximate surface area is 120 Å². The first kappa shape index (κ1) is 13.9. The fraction of sp³-hybridized carbons (Fsp3) is 0.875. The number of piperidine rings is 1. The summed E-state index contributed by atoms with van der Waals surface area (Å²) in [6, 6.07) is 0.527. The molecule has 3 fully saturated rings. The van der Waals surface area contributed by atoms with Crippen molar-refractivity contribution in [2.45, 2.75) is 64.5 Å². The van der Waals surface area contributed by atoms with Gasteiger partial charge < -0.3 is 10.0 Å². The molecule has 4 heteroatoms. The minimum absolute atomic E-state index is 0.129. The number of aliphatic carboxylic acids is 1. The van der Waals surface area contributed by atoms with Crippen molar-refractivity contribution in [3.63, 3.8) is 0 Å². The highest BCUT2D eigenvalue weighted by atomic mass is 16.4. The van der Waals surface area contributed by atoms with Crippen LogP contribution in [0.15, 0.2) is 0 Å². The highest BCUT2D eigenvalue weighted by molar-refractivity contribution is 5.86. The van der Waals surface area contributed by atoms with Gasteiger partial charge in [0.05, 0.1) is 11.8 Å². The van der Waals surface area contributed by atoms with E-state index in [1.165, 1.54) is 6.42 Å². The zero-order valence-electron chi connectivity index (χ0n) is 12.4. The van der Waals surface area contributed by atoms with Crippen LogP contribution in [0.5, 0.6) is 0 Å². The number of hydrogen-bond acceptors (Lipinski definition) is 2. The molecule has 112 valence electrons. The average Bonchev–Trinajstić information content (AvgIpc) is 2.98. The summed E-state index contributed by atoms with van der Waals surface area (Å²) in [6.07, 6.45) is 6.26. The second kappa shape index (κ2) is 5.05. The first-order valence-corrected chi connectivity index (χ1v) is 8.05. The minimum atomic E-state index is -0.757. The van der Waals surface area contributed by atoms with E-state index in [1.807, 2.05) is 4.90 Å². The van der Waals surface area contributed by atoms with Crippen LogP contribution in [0.4, 0.5) is 0 Å².